The Bertz CT molecular complexity index is 547. The molecule has 104 valence electrons. The molecule has 2 atom stereocenters. The average molecular weight is 270 g/mol. The zero-order valence-electron chi connectivity index (χ0n) is 11.2. The van der Waals surface area contributed by atoms with E-state index in [0.29, 0.717) is 6.42 Å². The standard InChI is InChI=1S/C16H18N2O2/c19-16(18-12-13-20-17-18)11-5-4-8-15(16)10-9-14-6-2-1-3-7-14/h1-3,6-7,12-13,15,17,19H,4-5,8,11H2. The molecule has 1 aromatic rings. The number of benzene rings is 1. The van der Waals surface area contributed by atoms with Crippen molar-refractivity contribution in [1.82, 2.24) is 10.6 Å². The van der Waals surface area contributed by atoms with Gasteiger partial charge in [0.2, 0.25) is 0 Å². The summed E-state index contributed by atoms with van der Waals surface area (Å²) in [5.41, 5.74) is 2.67. The first-order valence-electron chi connectivity index (χ1n) is 6.95. The second-order valence-electron chi connectivity index (χ2n) is 5.18. The Hall–Kier alpha value is -1.96. The molecule has 1 aliphatic carbocycles. The minimum Gasteiger partial charge on any atom is -0.395 e. The summed E-state index contributed by atoms with van der Waals surface area (Å²) in [4.78, 5) is 4.97. The smallest absolute Gasteiger partial charge is 0.168 e. The van der Waals surface area contributed by atoms with E-state index in [-0.39, 0.29) is 5.92 Å². The van der Waals surface area contributed by atoms with Gasteiger partial charge in [-0.15, -0.1) is 0 Å². The highest BCUT2D eigenvalue weighted by atomic mass is 16.7. The fraction of sp³-hybridized carbons (Fsp3) is 0.375. The third-order valence-corrected chi connectivity index (χ3v) is 3.86. The summed E-state index contributed by atoms with van der Waals surface area (Å²) < 4.78 is 0. The molecule has 4 heteroatoms. The van der Waals surface area contributed by atoms with Gasteiger partial charge in [0.1, 0.15) is 6.26 Å². The maximum Gasteiger partial charge on any atom is 0.168 e. The van der Waals surface area contributed by atoms with E-state index in [1.165, 1.54) is 6.26 Å². The van der Waals surface area contributed by atoms with E-state index < -0.39 is 5.72 Å². The third kappa shape index (κ3) is 2.51. The van der Waals surface area contributed by atoms with Crippen LogP contribution in [0.25, 0.3) is 0 Å². The Morgan fingerprint density at radius 2 is 2.15 bits per heavy atom. The Kier molecular flexibility index (Phi) is 3.64. The molecule has 0 bridgehead atoms. The van der Waals surface area contributed by atoms with E-state index in [9.17, 15) is 5.11 Å². The minimum absolute atomic E-state index is 0.102. The Balaban J connectivity index is 1.82. The number of nitrogens with one attached hydrogen (secondary N) is 1. The van der Waals surface area contributed by atoms with Gasteiger partial charge in [-0.25, -0.2) is 5.01 Å². The molecule has 0 amide bonds. The number of nitrogens with zero attached hydrogens (tertiary/aromatic N) is 1. The van der Waals surface area contributed by atoms with Crippen LogP contribution in [0.15, 0.2) is 42.8 Å². The predicted octanol–water partition coefficient (Wildman–Crippen LogP) is 2.14. The molecule has 0 aromatic heterocycles. The molecule has 1 saturated carbocycles. The zero-order valence-corrected chi connectivity index (χ0v) is 11.2. The van der Waals surface area contributed by atoms with Crippen molar-refractivity contribution >= 4 is 0 Å². The fourth-order valence-corrected chi connectivity index (χ4v) is 2.72. The van der Waals surface area contributed by atoms with Crippen molar-refractivity contribution in [3.05, 3.63) is 48.4 Å². The Labute approximate surface area is 119 Å². The van der Waals surface area contributed by atoms with Gasteiger partial charge in [0, 0.05) is 5.56 Å². The van der Waals surface area contributed by atoms with E-state index in [4.69, 9.17) is 4.84 Å². The van der Waals surface area contributed by atoms with Crippen molar-refractivity contribution in [1.29, 1.82) is 0 Å². The summed E-state index contributed by atoms with van der Waals surface area (Å²) in [7, 11) is 0. The van der Waals surface area contributed by atoms with E-state index in [0.717, 1.165) is 24.8 Å². The van der Waals surface area contributed by atoms with Crippen molar-refractivity contribution in [3.63, 3.8) is 0 Å². The molecular weight excluding hydrogens is 252 g/mol. The summed E-state index contributed by atoms with van der Waals surface area (Å²) in [5.74, 6) is 6.30. The normalized spacial score (nSPS) is 28.6. The van der Waals surface area contributed by atoms with Crippen molar-refractivity contribution < 1.29 is 9.94 Å². The molecule has 1 aromatic carbocycles. The van der Waals surface area contributed by atoms with E-state index in [1.54, 1.807) is 11.2 Å². The number of hydrogen-bond donors (Lipinski definition) is 2. The summed E-state index contributed by atoms with van der Waals surface area (Å²) in [6, 6.07) is 9.86. The lowest BCUT2D eigenvalue weighted by molar-refractivity contribution is -0.184. The summed E-state index contributed by atoms with van der Waals surface area (Å²) in [6.07, 6.45) is 6.89. The van der Waals surface area contributed by atoms with Crippen LogP contribution in [-0.4, -0.2) is 15.8 Å². The topological polar surface area (TPSA) is 44.7 Å². The second-order valence-corrected chi connectivity index (χ2v) is 5.18. The van der Waals surface area contributed by atoms with Crippen LogP contribution in [0.3, 0.4) is 0 Å². The first kappa shape index (κ1) is 13.0. The highest BCUT2D eigenvalue weighted by Gasteiger charge is 2.43. The van der Waals surface area contributed by atoms with Gasteiger partial charge >= 0.3 is 0 Å². The van der Waals surface area contributed by atoms with Crippen molar-refractivity contribution in [2.75, 3.05) is 0 Å². The lowest BCUT2D eigenvalue weighted by atomic mass is 9.81. The average Bonchev–Trinajstić information content (AvgIpc) is 3.02. The molecule has 20 heavy (non-hydrogen) atoms. The fourth-order valence-electron chi connectivity index (χ4n) is 2.72. The Morgan fingerprint density at radius 3 is 2.90 bits per heavy atom. The monoisotopic (exact) mass is 270 g/mol. The Morgan fingerprint density at radius 1 is 1.30 bits per heavy atom. The molecule has 1 fully saturated rings. The van der Waals surface area contributed by atoms with Crippen molar-refractivity contribution in [2.24, 2.45) is 5.92 Å². The highest BCUT2D eigenvalue weighted by Crippen LogP contribution is 2.36. The third-order valence-electron chi connectivity index (χ3n) is 3.86. The molecule has 4 nitrogen and oxygen atoms in total. The number of hydrazine groups is 1. The molecule has 0 spiro atoms. The number of aliphatic hydroxyl groups is 1. The van der Waals surface area contributed by atoms with Gasteiger partial charge in [-0.2, -0.15) is 0 Å². The van der Waals surface area contributed by atoms with Crippen LogP contribution in [0.5, 0.6) is 0 Å². The maximum atomic E-state index is 10.9. The molecule has 2 N–H and O–H groups in total. The highest BCUT2D eigenvalue weighted by molar-refractivity contribution is 5.34. The van der Waals surface area contributed by atoms with Crippen molar-refractivity contribution in [3.8, 4) is 11.8 Å². The predicted molar refractivity (Wildman–Crippen MR) is 75.4 cm³/mol. The first-order chi connectivity index (χ1) is 9.79. The first-order valence-corrected chi connectivity index (χ1v) is 6.95. The van der Waals surface area contributed by atoms with Gasteiger partial charge in [-0.05, 0) is 31.4 Å². The quantitative estimate of drug-likeness (QED) is 0.767. The summed E-state index contributed by atoms with van der Waals surface area (Å²) >= 11 is 0. The molecule has 2 aliphatic rings. The van der Waals surface area contributed by atoms with Gasteiger partial charge < -0.3 is 9.94 Å². The molecule has 1 heterocycles. The second kappa shape index (κ2) is 5.58. The molecule has 0 saturated heterocycles. The largest absolute Gasteiger partial charge is 0.395 e. The van der Waals surface area contributed by atoms with Crippen LogP contribution in [0.1, 0.15) is 31.2 Å². The number of hydrogen-bond acceptors (Lipinski definition) is 4. The van der Waals surface area contributed by atoms with Crippen LogP contribution in [0.2, 0.25) is 0 Å². The van der Waals surface area contributed by atoms with Gasteiger partial charge in [0.05, 0.1) is 12.1 Å². The lowest BCUT2D eigenvalue weighted by Gasteiger charge is -2.42. The number of rotatable bonds is 1. The van der Waals surface area contributed by atoms with Crippen LogP contribution >= 0.6 is 0 Å². The van der Waals surface area contributed by atoms with E-state index in [2.05, 4.69) is 17.4 Å². The maximum absolute atomic E-state index is 10.9. The van der Waals surface area contributed by atoms with Crippen LogP contribution in [0, 0.1) is 17.8 Å². The van der Waals surface area contributed by atoms with E-state index >= 15 is 0 Å². The van der Waals surface area contributed by atoms with Gasteiger partial charge in [-0.3, -0.25) is 0 Å². The molecule has 1 aliphatic heterocycles. The van der Waals surface area contributed by atoms with Crippen LogP contribution < -0.4 is 5.59 Å². The van der Waals surface area contributed by atoms with Crippen LogP contribution in [-0.2, 0) is 4.84 Å². The zero-order chi connectivity index (χ0) is 13.8. The SMILES string of the molecule is OC1(N2C=CON2)CCCCC1C#Cc1ccccc1. The minimum atomic E-state index is -1.01. The summed E-state index contributed by atoms with van der Waals surface area (Å²) in [5, 5.41) is 12.6. The van der Waals surface area contributed by atoms with E-state index in [1.807, 2.05) is 30.3 Å². The molecule has 0 radical (unpaired) electrons. The van der Waals surface area contributed by atoms with Gasteiger partial charge in [0.25, 0.3) is 0 Å². The molecule has 3 rings (SSSR count). The summed E-state index contributed by atoms with van der Waals surface area (Å²) in [6.45, 7) is 0. The molecule has 2 unspecified atom stereocenters. The lowest BCUT2D eigenvalue weighted by Crippen LogP contribution is -2.56. The van der Waals surface area contributed by atoms with Crippen LogP contribution in [0.4, 0.5) is 0 Å². The van der Waals surface area contributed by atoms with Gasteiger partial charge in [-0.1, -0.05) is 42.0 Å². The van der Waals surface area contributed by atoms with Crippen molar-refractivity contribution in [2.45, 2.75) is 31.4 Å². The van der Waals surface area contributed by atoms with Gasteiger partial charge in [0.15, 0.2) is 5.72 Å². The molecular formula is C16H18N2O2.